The molecule has 1 aliphatic heterocycles. The van der Waals surface area contributed by atoms with Gasteiger partial charge in [-0.15, -0.1) is 0 Å². The Bertz CT molecular complexity index is 1180. The molecule has 3 atom stereocenters. The number of piperazine rings is 1. The normalized spacial score (nSPS) is 18.1. The molecule has 1 heterocycles. The molecule has 1 saturated heterocycles. The zero-order valence-corrected chi connectivity index (χ0v) is 21.4. The average molecular weight is 510 g/mol. The van der Waals surface area contributed by atoms with Crippen LogP contribution in [0.5, 0.6) is 5.75 Å². The van der Waals surface area contributed by atoms with Crippen molar-refractivity contribution in [2.75, 3.05) is 31.1 Å². The number of rotatable bonds is 7. The first-order chi connectivity index (χ1) is 16.9. The van der Waals surface area contributed by atoms with Crippen LogP contribution in [0.15, 0.2) is 66.7 Å². The summed E-state index contributed by atoms with van der Waals surface area (Å²) in [7, 11) is 0. The summed E-state index contributed by atoms with van der Waals surface area (Å²) in [6.45, 7) is 6.57. The van der Waals surface area contributed by atoms with Gasteiger partial charge in [-0.05, 0) is 61.4 Å². The van der Waals surface area contributed by atoms with E-state index in [2.05, 4.69) is 34.9 Å². The van der Waals surface area contributed by atoms with Crippen LogP contribution >= 0.6 is 23.2 Å². The highest BCUT2D eigenvalue weighted by Crippen LogP contribution is 2.39. The summed E-state index contributed by atoms with van der Waals surface area (Å²) in [5.74, 6) is 0.635. The van der Waals surface area contributed by atoms with Crippen molar-refractivity contribution in [2.45, 2.75) is 32.0 Å². The van der Waals surface area contributed by atoms with Gasteiger partial charge in [-0.2, -0.15) is 5.26 Å². The zero-order chi connectivity index (χ0) is 24.9. The molecule has 0 bridgehead atoms. The molecule has 7 heteroatoms. The topological polar surface area (TPSA) is 59.7 Å². The summed E-state index contributed by atoms with van der Waals surface area (Å²) in [6.07, 6.45) is -0.547. The third kappa shape index (κ3) is 6.09. The van der Waals surface area contributed by atoms with Gasteiger partial charge < -0.3 is 14.7 Å². The molecule has 0 aromatic heterocycles. The van der Waals surface area contributed by atoms with E-state index in [9.17, 15) is 5.11 Å². The van der Waals surface area contributed by atoms with Crippen molar-refractivity contribution in [1.29, 1.82) is 5.26 Å². The van der Waals surface area contributed by atoms with E-state index < -0.39 is 6.10 Å². The number of ether oxygens (including phenoxy) is 1. The van der Waals surface area contributed by atoms with Gasteiger partial charge in [-0.25, -0.2) is 0 Å². The van der Waals surface area contributed by atoms with Gasteiger partial charge in [0.1, 0.15) is 12.4 Å². The molecule has 3 aromatic carbocycles. The van der Waals surface area contributed by atoms with E-state index in [0.717, 1.165) is 30.9 Å². The van der Waals surface area contributed by atoms with Gasteiger partial charge in [0.2, 0.25) is 0 Å². The molecule has 3 aromatic rings. The Morgan fingerprint density at radius 2 is 1.74 bits per heavy atom. The van der Waals surface area contributed by atoms with Crippen molar-refractivity contribution in [3.8, 4) is 11.8 Å². The second-order valence-electron chi connectivity index (χ2n) is 8.94. The van der Waals surface area contributed by atoms with Crippen LogP contribution in [0.25, 0.3) is 0 Å². The van der Waals surface area contributed by atoms with E-state index in [0.29, 0.717) is 21.4 Å². The summed E-state index contributed by atoms with van der Waals surface area (Å²) >= 11 is 12.9. The smallest absolute Gasteiger partial charge is 0.121 e. The summed E-state index contributed by atoms with van der Waals surface area (Å²) in [5.41, 5.74) is 3.96. The van der Waals surface area contributed by atoms with Gasteiger partial charge >= 0.3 is 0 Å². The first-order valence-electron chi connectivity index (χ1n) is 11.7. The highest BCUT2D eigenvalue weighted by Gasteiger charge is 2.32. The second-order valence-corrected chi connectivity index (χ2v) is 9.78. The molecule has 0 aliphatic carbocycles. The van der Waals surface area contributed by atoms with Crippen LogP contribution in [-0.4, -0.2) is 42.4 Å². The maximum absolute atomic E-state index is 9.51. The van der Waals surface area contributed by atoms with Gasteiger partial charge in [-0.1, -0.05) is 47.5 Å². The fraction of sp³-hybridized carbons (Fsp3) is 0.321. The summed E-state index contributed by atoms with van der Waals surface area (Å²) in [6, 6.07) is 24.0. The molecule has 4 rings (SSSR count). The Hall–Kier alpha value is -2.75. The number of aliphatic hydroxyl groups excluding tert-OH is 1. The largest absolute Gasteiger partial charge is 0.491 e. The highest BCUT2D eigenvalue weighted by atomic mass is 35.5. The highest BCUT2D eigenvalue weighted by molar-refractivity contribution is 6.33. The maximum Gasteiger partial charge on any atom is 0.121 e. The van der Waals surface area contributed by atoms with Crippen molar-refractivity contribution >= 4 is 28.9 Å². The Balaban J connectivity index is 1.60. The molecule has 182 valence electrons. The second kappa shape index (κ2) is 11.3. The van der Waals surface area contributed by atoms with Gasteiger partial charge in [0.15, 0.2) is 0 Å². The lowest BCUT2D eigenvalue weighted by Crippen LogP contribution is -2.49. The Morgan fingerprint density at radius 1 is 1.03 bits per heavy atom. The van der Waals surface area contributed by atoms with Crippen LogP contribution < -0.4 is 9.64 Å². The maximum atomic E-state index is 9.51. The van der Waals surface area contributed by atoms with E-state index >= 15 is 0 Å². The predicted octanol–water partition coefficient (Wildman–Crippen LogP) is 6.25. The monoisotopic (exact) mass is 509 g/mol. The molecule has 0 spiro atoms. The van der Waals surface area contributed by atoms with Crippen molar-refractivity contribution in [3.05, 3.63) is 93.5 Å². The van der Waals surface area contributed by atoms with Crippen LogP contribution in [0.1, 0.15) is 42.6 Å². The third-order valence-electron chi connectivity index (χ3n) is 6.46. The van der Waals surface area contributed by atoms with Crippen LogP contribution in [-0.2, 0) is 0 Å². The first kappa shape index (κ1) is 25.3. The summed E-state index contributed by atoms with van der Waals surface area (Å²) < 4.78 is 5.63. The standard InChI is InChI=1S/C28H29Cl2N3O2/c1-19(34)18-35-25-11-12-27(26(30)15-25)33-14-13-32(17-28(33)23-7-9-24(29)10-8-23)20(2)22-5-3-21(16-31)4-6-22/h3-12,15,19-20,28,34H,13-14,17-18H2,1-2H3/t19-,20+,28+/m1/s1. The number of hydrogen-bond acceptors (Lipinski definition) is 5. The van der Waals surface area contributed by atoms with E-state index in [1.807, 2.05) is 54.6 Å². The van der Waals surface area contributed by atoms with Gasteiger partial charge in [-0.3, -0.25) is 4.90 Å². The predicted molar refractivity (Wildman–Crippen MR) is 141 cm³/mol. The summed E-state index contributed by atoms with van der Waals surface area (Å²) in [5, 5.41) is 19.9. The van der Waals surface area contributed by atoms with E-state index in [1.54, 1.807) is 6.92 Å². The van der Waals surface area contributed by atoms with Gasteiger partial charge in [0.25, 0.3) is 0 Å². The molecule has 0 amide bonds. The molecule has 0 radical (unpaired) electrons. The van der Waals surface area contributed by atoms with Crippen LogP contribution in [0.2, 0.25) is 10.0 Å². The van der Waals surface area contributed by atoms with Crippen molar-refractivity contribution in [2.24, 2.45) is 0 Å². The third-order valence-corrected chi connectivity index (χ3v) is 7.01. The zero-order valence-electron chi connectivity index (χ0n) is 19.9. The molecular weight excluding hydrogens is 481 g/mol. The van der Waals surface area contributed by atoms with Crippen molar-refractivity contribution in [1.82, 2.24) is 4.90 Å². The molecule has 1 fully saturated rings. The molecule has 5 nitrogen and oxygen atoms in total. The molecule has 1 N–H and O–H groups in total. The van der Waals surface area contributed by atoms with Crippen LogP contribution in [0.4, 0.5) is 5.69 Å². The number of nitriles is 1. The molecule has 1 aliphatic rings. The van der Waals surface area contributed by atoms with Gasteiger partial charge in [0.05, 0.1) is 34.5 Å². The Morgan fingerprint density at radius 3 is 2.37 bits per heavy atom. The number of hydrogen-bond donors (Lipinski definition) is 1. The minimum Gasteiger partial charge on any atom is -0.491 e. The lowest BCUT2D eigenvalue weighted by molar-refractivity contribution is 0.122. The molecular formula is C28H29Cl2N3O2. The van der Waals surface area contributed by atoms with Gasteiger partial charge in [0, 0.05) is 36.8 Å². The summed E-state index contributed by atoms with van der Waals surface area (Å²) in [4.78, 5) is 4.80. The van der Waals surface area contributed by atoms with Crippen molar-refractivity contribution < 1.29 is 9.84 Å². The van der Waals surface area contributed by atoms with Crippen molar-refractivity contribution in [3.63, 3.8) is 0 Å². The Labute approximate surface area is 217 Å². The molecule has 35 heavy (non-hydrogen) atoms. The first-order valence-corrected chi connectivity index (χ1v) is 12.5. The van der Waals surface area contributed by atoms with E-state index in [1.165, 1.54) is 5.56 Å². The fourth-order valence-electron chi connectivity index (χ4n) is 4.49. The van der Waals surface area contributed by atoms with Crippen LogP contribution in [0, 0.1) is 11.3 Å². The molecule has 0 unspecified atom stereocenters. The SMILES string of the molecule is C[C@@H](O)COc1ccc(N2CCN([C@@H](C)c3ccc(C#N)cc3)C[C@H]2c2ccc(Cl)cc2)c(Cl)c1. The van der Waals surface area contributed by atoms with Crippen LogP contribution in [0.3, 0.4) is 0 Å². The number of anilines is 1. The number of nitrogens with zero attached hydrogens (tertiary/aromatic N) is 3. The van der Waals surface area contributed by atoms with E-state index in [4.69, 9.17) is 33.2 Å². The van der Waals surface area contributed by atoms with E-state index in [-0.39, 0.29) is 18.7 Å². The number of benzene rings is 3. The lowest BCUT2D eigenvalue weighted by Gasteiger charge is -2.45. The number of aliphatic hydroxyl groups is 1. The lowest BCUT2D eigenvalue weighted by atomic mass is 9.98. The Kier molecular flexibility index (Phi) is 8.20. The number of halogens is 2. The quantitative estimate of drug-likeness (QED) is 0.407. The minimum atomic E-state index is -0.547. The molecule has 0 saturated carbocycles. The fourth-order valence-corrected chi connectivity index (χ4v) is 4.89. The average Bonchev–Trinajstić information content (AvgIpc) is 2.87. The minimum absolute atomic E-state index is 0.0728.